The highest BCUT2D eigenvalue weighted by Gasteiger charge is 2.25. The van der Waals surface area contributed by atoms with Crippen LogP contribution in [0.4, 0.5) is 0 Å². The number of ether oxygens (including phenoxy) is 1. The first-order valence-electron chi connectivity index (χ1n) is 8.28. The molecule has 1 aromatic carbocycles. The lowest BCUT2D eigenvalue weighted by Crippen LogP contribution is -2.51. The lowest BCUT2D eigenvalue weighted by Gasteiger charge is -2.34. The van der Waals surface area contributed by atoms with Crippen LogP contribution >= 0.6 is 0 Å². The average Bonchev–Trinajstić information content (AvgIpc) is 2.68. The highest BCUT2D eigenvalue weighted by molar-refractivity contribution is 5.92. The first-order valence-corrected chi connectivity index (χ1v) is 8.28. The van der Waals surface area contributed by atoms with Gasteiger partial charge in [-0.15, -0.1) is 0 Å². The Morgan fingerprint density at radius 2 is 1.80 bits per heavy atom. The summed E-state index contributed by atoms with van der Waals surface area (Å²) >= 11 is 0. The average molecular weight is 339 g/mol. The van der Waals surface area contributed by atoms with Gasteiger partial charge in [0.15, 0.2) is 0 Å². The molecular weight excluding hydrogens is 318 g/mol. The van der Waals surface area contributed by atoms with Crippen LogP contribution in [0.5, 0.6) is 5.75 Å². The molecule has 0 radical (unpaired) electrons. The first-order chi connectivity index (χ1) is 12.2. The summed E-state index contributed by atoms with van der Waals surface area (Å²) in [6.45, 7) is 2.14. The van der Waals surface area contributed by atoms with Gasteiger partial charge in [0.1, 0.15) is 11.4 Å². The van der Waals surface area contributed by atoms with E-state index in [1.54, 1.807) is 36.4 Å². The zero-order valence-corrected chi connectivity index (χ0v) is 14.2. The molecule has 2 aromatic rings. The van der Waals surface area contributed by atoms with E-state index in [0.29, 0.717) is 38.3 Å². The maximum atomic E-state index is 12.5. The molecule has 0 aliphatic carbocycles. The number of hydrogen-bond acceptors (Lipinski definition) is 4. The molecular formula is C19H21N3O3. The summed E-state index contributed by atoms with van der Waals surface area (Å²) in [6.07, 6.45) is 1.95. The van der Waals surface area contributed by atoms with Gasteiger partial charge in [0.2, 0.25) is 5.91 Å². The molecule has 0 bridgehead atoms. The zero-order valence-electron chi connectivity index (χ0n) is 14.2. The second kappa shape index (κ2) is 7.79. The van der Waals surface area contributed by atoms with E-state index < -0.39 is 0 Å². The Bertz CT molecular complexity index is 741. The SMILES string of the molecule is COc1cccc(CC(=O)N2CCN(C(=O)c3ccccn3)CC2)c1. The molecule has 2 heterocycles. The molecule has 0 saturated carbocycles. The summed E-state index contributed by atoms with van der Waals surface area (Å²) in [4.78, 5) is 32.5. The number of aromatic nitrogens is 1. The third kappa shape index (κ3) is 4.15. The number of benzene rings is 1. The Morgan fingerprint density at radius 3 is 2.48 bits per heavy atom. The Balaban J connectivity index is 1.55. The topological polar surface area (TPSA) is 62.7 Å². The highest BCUT2D eigenvalue weighted by Crippen LogP contribution is 2.14. The van der Waals surface area contributed by atoms with Crippen molar-refractivity contribution in [2.24, 2.45) is 0 Å². The number of carbonyl (C=O) groups is 2. The van der Waals surface area contributed by atoms with Gasteiger partial charge in [0, 0.05) is 32.4 Å². The number of carbonyl (C=O) groups excluding carboxylic acids is 2. The van der Waals surface area contributed by atoms with E-state index in [0.717, 1.165) is 11.3 Å². The summed E-state index contributed by atoms with van der Waals surface area (Å²) in [7, 11) is 1.61. The van der Waals surface area contributed by atoms with E-state index in [4.69, 9.17) is 4.74 Å². The molecule has 2 amide bonds. The summed E-state index contributed by atoms with van der Waals surface area (Å²) < 4.78 is 5.19. The van der Waals surface area contributed by atoms with E-state index in [9.17, 15) is 9.59 Å². The van der Waals surface area contributed by atoms with Crippen molar-refractivity contribution in [3.05, 3.63) is 59.9 Å². The second-order valence-corrected chi connectivity index (χ2v) is 5.92. The molecule has 1 fully saturated rings. The van der Waals surface area contributed by atoms with Crippen LogP contribution in [0.15, 0.2) is 48.7 Å². The highest BCUT2D eigenvalue weighted by atomic mass is 16.5. The Morgan fingerprint density at radius 1 is 1.04 bits per heavy atom. The largest absolute Gasteiger partial charge is 0.497 e. The minimum absolute atomic E-state index is 0.0678. The Kier molecular flexibility index (Phi) is 5.28. The van der Waals surface area contributed by atoms with Crippen LogP contribution in [-0.2, 0) is 11.2 Å². The summed E-state index contributed by atoms with van der Waals surface area (Å²) in [5.41, 5.74) is 1.37. The zero-order chi connectivity index (χ0) is 17.6. The first kappa shape index (κ1) is 17.0. The van der Waals surface area contributed by atoms with Crippen LogP contribution in [0.25, 0.3) is 0 Å². The number of hydrogen-bond donors (Lipinski definition) is 0. The molecule has 6 heteroatoms. The molecule has 0 unspecified atom stereocenters. The van der Waals surface area contributed by atoms with Crippen LogP contribution in [0.3, 0.4) is 0 Å². The Labute approximate surface area is 147 Å². The van der Waals surface area contributed by atoms with Gasteiger partial charge < -0.3 is 14.5 Å². The molecule has 1 aliphatic rings. The molecule has 3 rings (SSSR count). The number of nitrogens with zero attached hydrogens (tertiary/aromatic N) is 3. The smallest absolute Gasteiger partial charge is 0.272 e. The maximum absolute atomic E-state index is 12.5. The summed E-state index contributed by atoms with van der Waals surface area (Å²) in [5, 5.41) is 0. The van der Waals surface area contributed by atoms with Crippen molar-refractivity contribution in [3.8, 4) is 5.75 Å². The fourth-order valence-corrected chi connectivity index (χ4v) is 2.88. The van der Waals surface area contributed by atoms with Gasteiger partial charge in [-0.1, -0.05) is 18.2 Å². The number of methoxy groups -OCH3 is 1. The number of pyridine rings is 1. The van der Waals surface area contributed by atoms with Crippen molar-refractivity contribution < 1.29 is 14.3 Å². The van der Waals surface area contributed by atoms with Gasteiger partial charge in [0.05, 0.1) is 13.5 Å². The fraction of sp³-hybridized carbons (Fsp3) is 0.316. The molecule has 6 nitrogen and oxygen atoms in total. The van der Waals surface area contributed by atoms with E-state index in [-0.39, 0.29) is 11.8 Å². The minimum Gasteiger partial charge on any atom is -0.497 e. The predicted octanol–water partition coefficient (Wildman–Crippen LogP) is 1.62. The normalized spacial score (nSPS) is 14.3. The van der Waals surface area contributed by atoms with Gasteiger partial charge in [0.25, 0.3) is 5.91 Å². The van der Waals surface area contributed by atoms with Crippen LogP contribution < -0.4 is 4.74 Å². The number of amides is 2. The molecule has 25 heavy (non-hydrogen) atoms. The predicted molar refractivity (Wildman–Crippen MR) is 93.4 cm³/mol. The van der Waals surface area contributed by atoms with Crippen molar-refractivity contribution >= 4 is 11.8 Å². The summed E-state index contributed by atoms with van der Waals surface area (Å²) in [5.74, 6) is 0.731. The molecule has 0 spiro atoms. The van der Waals surface area contributed by atoms with E-state index in [1.165, 1.54) is 0 Å². The van der Waals surface area contributed by atoms with Crippen LogP contribution in [0.1, 0.15) is 16.1 Å². The van der Waals surface area contributed by atoms with Crippen LogP contribution in [0, 0.1) is 0 Å². The van der Waals surface area contributed by atoms with Gasteiger partial charge >= 0.3 is 0 Å². The lowest BCUT2D eigenvalue weighted by molar-refractivity contribution is -0.131. The van der Waals surface area contributed by atoms with Crippen molar-refractivity contribution in [1.29, 1.82) is 0 Å². The van der Waals surface area contributed by atoms with Gasteiger partial charge in [-0.2, -0.15) is 0 Å². The lowest BCUT2D eigenvalue weighted by atomic mass is 10.1. The Hall–Kier alpha value is -2.89. The minimum atomic E-state index is -0.0829. The molecule has 0 N–H and O–H groups in total. The van der Waals surface area contributed by atoms with Crippen molar-refractivity contribution in [3.63, 3.8) is 0 Å². The van der Waals surface area contributed by atoms with Gasteiger partial charge in [-0.25, -0.2) is 0 Å². The molecule has 130 valence electrons. The van der Waals surface area contributed by atoms with Crippen molar-refractivity contribution in [2.75, 3.05) is 33.3 Å². The van der Waals surface area contributed by atoms with Crippen molar-refractivity contribution in [1.82, 2.24) is 14.8 Å². The molecule has 1 aliphatic heterocycles. The third-order valence-corrected chi connectivity index (χ3v) is 4.29. The summed E-state index contributed by atoms with van der Waals surface area (Å²) in [6, 6.07) is 12.8. The van der Waals surface area contributed by atoms with Crippen molar-refractivity contribution in [2.45, 2.75) is 6.42 Å². The van der Waals surface area contributed by atoms with Gasteiger partial charge in [-0.3, -0.25) is 14.6 Å². The maximum Gasteiger partial charge on any atom is 0.272 e. The molecule has 1 aromatic heterocycles. The number of piperazine rings is 1. The molecule has 1 saturated heterocycles. The quantitative estimate of drug-likeness (QED) is 0.849. The number of rotatable bonds is 4. The standard InChI is InChI=1S/C19H21N3O3/c1-25-16-6-4-5-15(13-16)14-18(23)21-9-11-22(12-10-21)19(24)17-7-2-3-8-20-17/h2-8,13H,9-12,14H2,1H3. The van der Waals surface area contributed by atoms with E-state index in [2.05, 4.69) is 4.98 Å². The van der Waals surface area contributed by atoms with Crippen LogP contribution in [0.2, 0.25) is 0 Å². The monoisotopic (exact) mass is 339 g/mol. The van der Waals surface area contributed by atoms with Gasteiger partial charge in [-0.05, 0) is 29.8 Å². The van der Waals surface area contributed by atoms with E-state index >= 15 is 0 Å². The van der Waals surface area contributed by atoms with E-state index in [1.807, 2.05) is 29.2 Å². The second-order valence-electron chi connectivity index (χ2n) is 5.92. The molecule has 0 atom stereocenters. The third-order valence-electron chi connectivity index (χ3n) is 4.29. The van der Waals surface area contributed by atoms with Crippen LogP contribution in [-0.4, -0.2) is 59.9 Å². The fourth-order valence-electron chi connectivity index (χ4n) is 2.88.